The van der Waals surface area contributed by atoms with Crippen LogP contribution >= 0.6 is 0 Å². The van der Waals surface area contributed by atoms with Crippen molar-refractivity contribution in [1.29, 1.82) is 0 Å². The normalized spacial score (nSPS) is 26.9. The lowest BCUT2D eigenvalue weighted by Crippen LogP contribution is -2.52. The van der Waals surface area contributed by atoms with Gasteiger partial charge >= 0.3 is 0 Å². The number of nitrogens with one attached hydrogen (secondary N) is 1. The van der Waals surface area contributed by atoms with Crippen LogP contribution in [0.15, 0.2) is 36.5 Å². The highest BCUT2D eigenvalue weighted by molar-refractivity contribution is 6.05. The van der Waals surface area contributed by atoms with Gasteiger partial charge in [-0.15, -0.1) is 0 Å². The number of carbonyl (C=O) groups excluding carboxylic acids is 3. The highest BCUT2D eigenvalue weighted by Gasteiger charge is 2.40. The average molecular weight is 461 g/mol. The molecular formula is C26H28N4O4. The first-order chi connectivity index (χ1) is 16.6. The summed E-state index contributed by atoms with van der Waals surface area (Å²) in [6.07, 6.45) is 6.84. The number of benzene rings is 1. The number of piperidine rings is 1. The van der Waals surface area contributed by atoms with E-state index in [0.29, 0.717) is 24.6 Å². The molecule has 0 spiro atoms. The summed E-state index contributed by atoms with van der Waals surface area (Å²) in [7, 11) is 0. The largest absolute Gasteiger partial charge is 0.489 e. The Labute approximate surface area is 198 Å². The molecule has 1 aromatic carbocycles. The molecule has 0 bridgehead atoms. The smallest absolute Gasteiger partial charge is 0.255 e. The first-order valence-corrected chi connectivity index (χ1v) is 12.2. The van der Waals surface area contributed by atoms with Gasteiger partial charge < -0.3 is 9.64 Å². The van der Waals surface area contributed by atoms with Crippen molar-refractivity contribution in [1.82, 2.24) is 20.1 Å². The van der Waals surface area contributed by atoms with Crippen molar-refractivity contribution < 1.29 is 19.1 Å². The number of pyridine rings is 1. The SMILES string of the molecule is O=C1CCC(N2Cc3cc(OC4CCCC4N4CCc5ncccc5C4)ccc3C2=O)C(=O)N1. The fourth-order valence-electron chi connectivity index (χ4n) is 5.93. The summed E-state index contributed by atoms with van der Waals surface area (Å²) in [6.45, 7) is 2.27. The number of hydrogen-bond acceptors (Lipinski definition) is 6. The molecule has 2 fully saturated rings. The number of fused-ring (bicyclic) bond motifs is 2. The minimum Gasteiger partial charge on any atom is -0.489 e. The molecule has 4 aliphatic rings. The summed E-state index contributed by atoms with van der Waals surface area (Å²) < 4.78 is 6.49. The standard InChI is InChI=1S/C26H28N4O4/c31-24-9-8-22(25(32)28-24)30-15-17-13-18(6-7-19(17)26(30)33)34-23-5-1-4-21(23)29-12-10-20-16(14-29)3-2-11-27-20/h2-3,6-7,11,13,21-23H,1,4-5,8-10,12,14-15H2,(H,28,31,32). The molecule has 4 heterocycles. The van der Waals surface area contributed by atoms with Crippen molar-refractivity contribution in [3.63, 3.8) is 0 Å². The van der Waals surface area contributed by atoms with Crippen molar-refractivity contribution >= 4 is 17.7 Å². The minimum absolute atomic E-state index is 0.111. The lowest BCUT2D eigenvalue weighted by atomic mass is 10.0. The second-order valence-corrected chi connectivity index (χ2v) is 9.70. The van der Waals surface area contributed by atoms with Crippen molar-refractivity contribution in [2.45, 2.75) is 69.8 Å². The molecule has 8 heteroatoms. The molecule has 1 saturated carbocycles. The maximum atomic E-state index is 12.9. The number of hydrogen-bond donors (Lipinski definition) is 1. The second-order valence-electron chi connectivity index (χ2n) is 9.70. The molecule has 176 valence electrons. The van der Waals surface area contributed by atoms with E-state index in [-0.39, 0.29) is 30.2 Å². The van der Waals surface area contributed by atoms with Gasteiger partial charge in [-0.1, -0.05) is 6.07 Å². The van der Waals surface area contributed by atoms with E-state index in [1.54, 1.807) is 4.90 Å². The number of aromatic nitrogens is 1. The molecule has 3 aliphatic heterocycles. The van der Waals surface area contributed by atoms with Crippen LogP contribution in [0.3, 0.4) is 0 Å². The molecule has 3 atom stereocenters. The van der Waals surface area contributed by atoms with E-state index < -0.39 is 6.04 Å². The number of rotatable bonds is 4. The van der Waals surface area contributed by atoms with Crippen LogP contribution < -0.4 is 10.1 Å². The summed E-state index contributed by atoms with van der Waals surface area (Å²) in [5.74, 6) is -0.0512. The summed E-state index contributed by atoms with van der Waals surface area (Å²) in [6, 6.07) is 9.58. The van der Waals surface area contributed by atoms with Gasteiger partial charge in [-0.05, 0) is 61.1 Å². The van der Waals surface area contributed by atoms with Crippen LogP contribution in [0.1, 0.15) is 59.3 Å². The number of ether oxygens (including phenoxy) is 1. The fourth-order valence-corrected chi connectivity index (χ4v) is 5.93. The van der Waals surface area contributed by atoms with Gasteiger partial charge in [-0.3, -0.25) is 29.6 Å². The van der Waals surface area contributed by atoms with Gasteiger partial charge in [0.1, 0.15) is 17.9 Å². The third-order valence-corrected chi connectivity index (χ3v) is 7.66. The number of carbonyl (C=O) groups is 3. The van der Waals surface area contributed by atoms with Gasteiger partial charge in [0.15, 0.2) is 0 Å². The lowest BCUT2D eigenvalue weighted by Gasteiger charge is -2.36. The van der Waals surface area contributed by atoms with Crippen LogP contribution in [0, 0.1) is 0 Å². The molecule has 1 aliphatic carbocycles. The van der Waals surface area contributed by atoms with Crippen LogP contribution in [-0.4, -0.2) is 57.2 Å². The maximum Gasteiger partial charge on any atom is 0.255 e. The average Bonchev–Trinajstić information content (AvgIpc) is 3.43. The molecule has 1 N–H and O–H groups in total. The van der Waals surface area contributed by atoms with Crippen LogP contribution in [0.25, 0.3) is 0 Å². The van der Waals surface area contributed by atoms with Crippen LogP contribution in [0.4, 0.5) is 0 Å². The van der Waals surface area contributed by atoms with E-state index in [0.717, 1.165) is 50.1 Å². The maximum absolute atomic E-state index is 12.9. The lowest BCUT2D eigenvalue weighted by molar-refractivity contribution is -0.136. The summed E-state index contributed by atoms with van der Waals surface area (Å²) >= 11 is 0. The van der Waals surface area contributed by atoms with E-state index in [2.05, 4.69) is 21.3 Å². The summed E-state index contributed by atoms with van der Waals surface area (Å²) in [5.41, 5.74) is 4.00. The van der Waals surface area contributed by atoms with Gasteiger partial charge in [0.05, 0.1) is 0 Å². The van der Waals surface area contributed by atoms with Gasteiger partial charge in [0.25, 0.3) is 5.91 Å². The zero-order valence-corrected chi connectivity index (χ0v) is 19.0. The van der Waals surface area contributed by atoms with Crippen molar-refractivity contribution in [3.05, 3.63) is 58.9 Å². The second kappa shape index (κ2) is 8.51. The van der Waals surface area contributed by atoms with Crippen molar-refractivity contribution in [2.75, 3.05) is 6.54 Å². The molecular weight excluding hydrogens is 432 g/mol. The van der Waals surface area contributed by atoms with E-state index in [4.69, 9.17) is 4.74 Å². The fraction of sp³-hybridized carbons (Fsp3) is 0.462. The predicted molar refractivity (Wildman–Crippen MR) is 123 cm³/mol. The van der Waals surface area contributed by atoms with E-state index in [9.17, 15) is 14.4 Å². The Hall–Kier alpha value is -3.26. The first kappa shape index (κ1) is 21.3. The van der Waals surface area contributed by atoms with Crippen molar-refractivity contribution in [3.8, 4) is 5.75 Å². The number of nitrogens with zero attached hydrogens (tertiary/aromatic N) is 3. The van der Waals surface area contributed by atoms with Gasteiger partial charge in [-0.25, -0.2) is 0 Å². The third kappa shape index (κ3) is 3.76. The Kier molecular flexibility index (Phi) is 5.32. The number of imide groups is 1. The predicted octanol–water partition coefficient (Wildman–Crippen LogP) is 2.20. The van der Waals surface area contributed by atoms with Gasteiger partial charge in [-0.2, -0.15) is 0 Å². The van der Waals surface area contributed by atoms with Gasteiger partial charge in [0, 0.05) is 56.0 Å². The van der Waals surface area contributed by atoms with Crippen LogP contribution in [-0.2, 0) is 29.1 Å². The summed E-state index contributed by atoms with van der Waals surface area (Å²) in [4.78, 5) is 45.4. The van der Waals surface area contributed by atoms with E-state index in [1.165, 1.54) is 11.3 Å². The Bertz CT molecular complexity index is 1170. The molecule has 3 unspecified atom stereocenters. The summed E-state index contributed by atoms with van der Waals surface area (Å²) in [5, 5.41) is 2.35. The van der Waals surface area contributed by atoms with Crippen LogP contribution in [0.2, 0.25) is 0 Å². The first-order valence-electron chi connectivity index (χ1n) is 12.2. The Morgan fingerprint density at radius 2 is 1.91 bits per heavy atom. The Morgan fingerprint density at radius 1 is 1.00 bits per heavy atom. The van der Waals surface area contributed by atoms with Crippen molar-refractivity contribution in [2.24, 2.45) is 0 Å². The quantitative estimate of drug-likeness (QED) is 0.704. The zero-order valence-electron chi connectivity index (χ0n) is 19.0. The molecule has 3 amide bonds. The molecule has 1 saturated heterocycles. The Balaban J connectivity index is 1.15. The molecule has 34 heavy (non-hydrogen) atoms. The molecule has 8 nitrogen and oxygen atoms in total. The van der Waals surface area contributed by atoms with Gasteiger partial charge in [0.2, 0.25) is 11.8 Å². The highest BCUT2D eigenvalue weighted by atomic mass is 16.5. The monoisotopic (exact) mass is 460 g/mol. The molecule has 6 rings (SSSR count). The molecule has 2 aromatic rings. The van der Waals surface area contributed by atoms with Crippen LogP contribution in [0.5, 0.6) is 5.75 Å². The third-order valence-electron chi connectivity index (χ3n) is 7.66. The van der Waals surface area contributed by atoms with E-state index in [1.807, 2.05) is 30.5 Å². The zero-order chi connectivity index (χ0) is 23.2. The number of amides is 3. The van der Waals surface area contributed by atoms with E-state index >= 15 is 0 Å². The topological polar surface area (TPSA) is 91.8 Å². The molecule has 1 aromatic heterocycles. The molecule has 0 radical (unpaired) electrons. The highest BCUT2D eigenvalue weighted by Crippen LogP contribution is 2.34. The Morgan fingerprint density at radius 3 is 2.79 bits per heavy atom. The minimum atomic E-state index is -0.599.